The van der Waals surface area contributed by atoms with Gasteiger partial charge in [-0.2, -0.15) is 0 Å². The van der Waals surface area contributed by atoms with Gasteiger partial charge in [0.15, 0.2) is 0 Å². The standard InChI is InChI=1S/C22H30N2O2/c1-18-14-20(8-9-22(18)26-2)15-23-11-12-24(21(17-23)10-13-25)16-19-6-4-3-5-7-19/h3-9,14,21,25H,10-13,15-17H2,1-2H3/t21-/m0/s1. The van der Waals surface area contributed by atoms with Crippen molar-refractivity contribution >= 4 is 0 Å². The highest BCUT2D eigenvalue weighted by Crippen LogP contribution is 2.22. The molecule has 1 atom stereocenters. The normalized spacial score (nSPS) is 18.8. The van der Waals surface area contributed by atoms with Crippen molar-refractivity contribution in [2.75, 3.05) is 33.4 Å². The smallest absolute Gasteiger partial charge is 0.121 e. The molecular weight excluding hydrogens is 324 g/mol. The highest BCUT2D eigenvalue weighted by Gasteiger charge is 2.26. The number of hydrogen-bond acceptors (Lipinski definition) is 4. The molecule has 1 heterocycles. The Morgan fingerprint density at radius 1 is 1.04 bits per heavy atom. The van der Waals surface area contributed by atoms with Gasteiger partial charge in [-0.1, -0.05) is 42.5 Å². The summed E-state index contributed by atoms with van der Waals surface area (Å²) in [4.78, 5) is 5.02. The molecule has 4 heteroatoms. The van der Waals surface area contributed by atoms with Gasteiger partial charge in [0.05, 0.1) is 7.11 Å². The van der Waals surface area contributed by atoms with Gasteiger partial charge in [-0.05, 0) is 36.1 Å². The highest BCUT2D eigenvalue weighted by molar-refractivity contribution is 5.36. The quantitative estimate of drug-likeness (QED) is 0.829. The highest BCUT2D eigenvalue weighted by atomic mass is 16.5. The monoisotopic (exact) mass is 354 g/mol. The lowest BCUT2D eigenvalue weighted by atomic mass is 10.1. The fourth-order valence-corrected chi connectivity index (χ4v) is 3.85. The van der Waals surface area contributed by atoms with E-state index in [0.29, 0.717) is 6.04 Å². The Kier molecular flexibility index (Phi) is 6.67. The lowest BCUT2D eigenvalue weighted by Crippen LogP contribution is -2.52. The van der Waals surface area contributed by atoms with Crippen molar-refractivity contribution in [3.8, 4) is 5.75 Å². The maximum atomic E-state index is 9.51. The van der Waals surface area contributed by atoms with Crippen LogP contribution in [0.25, 0.3) is 0 Å². The van der Waals surface area contributed by atoms with Gasteiger partial charge in [0.2, 0.25) is 0 Å². The van der Waals surface area contributed by atoms with E-state index in [1.807, 2.05) is 0 Å². The Balaban J connectivity index is 1.62. The Morgan fingerprint density at radius 2 is 1.85 bits per heavy atom. The number of hydrogen-bond donors (Lipinski definition) is 1. The molecule has 0 bridgehead atoms. The van der Waals surface area contributed by atoms with Crippen molar-refractivity contribution in [2.45, 2.75) is 32.5 Å². The number of ether oxygens (including phenoxy) is 1. The van der Waals surface area contributed by atoms with Crippen LogP contribution in [0.5, 0.6) is 5.75 Å². The largest absolute Gasteiger partial charge is 0.496 e. The van der Waals surface area contributed by atoms with Crippen LogP contribution in [0.2, 0.25) is 0 Å². The van der Waals surface area contributed by atoms with Gasteiger partial charge in [0.1, 0.15) is 5.75 Å². The molecule has 0 spiro atoms. The van der Waals surface area contributed by atoms with Gasteiger partial charge >= 0.3 is 0 Å². The average Bonchev–Trinajstić information content (AvgIpc) is 2.65. The van der Waals surface area contributed by atoms with Crippen molar-refractivity contribution in [3.05, 3.63) is 65.2 Å². The van der Waals surface area contributed by atoms with E-state index in [0.717, 1.165) is 44.9 Å². The van der Waals surface area contributed by atoms with Crippen LogP contribution in [0.1, 0.15) is 23.1 Å². The number of nitrogens with zero attached hydrogens (tertiary/aromatic N) is 2. The van der Waals surface area contributed by atoms with Gasteiger partial charge in [0, 0.05) is 45.4 Å². The van der Waals surface area contributed by atoms with Gasteiger partial charge in [0.25, 0.3) is 0 Å². The van der Waals surface area contributed by atoms with Crippen LogP contribution in [0.15, 0.2) is 48.5 Å². The molecule has 1 aliphatic heterocycles. The van der Waals surface area contributed by atoms with Crippen molar-refractivity contribution in [2.24, 2.45) is 0 Å². The van der Waals surface area contributed by atoms with E-state index in [2.05, 4.69) is 65.3 Å². The van der Waals surface area contributed by atoms with Crippen molar-refractivity contribution < 1.29 is 9.84 Å². The fourth-order valence-electron chi connectivity index (χ4n) is 3.85. The topological polar surface area (TPSA) is 35.9 Å². The maximum Gasteiger partial charge on any atom is 0.121 e. The SMILES string of the molecule is COc1ccc(CN2CCN(Cc3ccccc3)[C@@H](CCO)C2)cc1C. The second-order valence-corrected chi connectivity index (χ2v) is 7.16. The van der Waals surface area contributed by atoms with E-state index in [1.165, 1.54) is 16.7 Å². The second-order valence-electron chi connectivity index (χ2n) is 7.16. The molecule has 4 nitrogen and oxygen atoms in total. The van der Waals surface area contributed by atoms with Gasteiger partial charge < -0.3 is 9.84 Å². The first-order chi connectivity index (χ1) is 12.7. The van der Waals surface area contributed by atoms with Crippen LogP contribution in [0.4, 0.5) is 0 Å². The summed E-state index contributed by atoms with van der Waals surface area (Å²) < 4.78 is 5.36. The lowest BCUT2D eigenvalue weighted by Gasteiger charge is -2.41. The Hall–Kier alpha value is -1.88. The fraction of sp³-hybridized carbons (Fsp3) is 0.455. The predicted octanol–water partition coefficient (Wildman–Crippen LogP) is 3.07. The molecule has 1 fully saturated rings. The zero-order valence-corrected chi connectivity index (χ0v) is 15.9. The molecule has 26 heavy (non-hydrogen) atoms. The maximum absolute atomic E-state index is 9.51. The molecule has 0 aliphatic carbocycles. The van der Waals surface area contributed by atoms with Gasteiger partial charge in [-0.15, -0.1) is 0 Å². The van der Waals surface area contributed by atoms with E-state index < -0.39 is 0 Å². The van der Waals surface area contributed by atoms with Crippen molar-refractivity contribution in [1.82, 2.24) is 9.80 Å². The summed E-state index contributed by atoms with van der Waals surface area (Å²) in [6.45, 7) is 7.33. The Bertz CT molecular complexity index is 690. The number of aryl methyl sites for hydroxylation is 1. The van der Waals surface area contributed by atoms with E-state index >= 15 is 0 Å². The molecule has 0 unspecified atom stereocenters. The molecule has 2 aromatic carbocycles. The molecule has 1 N–H and O–H groups in total. The number of benzene rings is 2. The minimum Gasteiger partial charge on any atom is -0.496 e. The van der Waals surface area contributed by atoms with Gasteiger partial charge in [-0.25, -0.2) is 0 Å². The molecule has 140 valence electrons. The minimum atomic E-state index is 0.242. The van der Waals surface area contributed by atoms with Crippen molar-refractivity contribution in [3.63, 3.8) is 0 Å². The summed E-state index contributed by atoms with van der Waals surface area (Å²) >= 11 is 0. The van der Waals surface area contributed by atoms with E-state index in [4.69, 9.17) is 4.74 Å². The summed E-state index contributed by atoms with van der Waals surface area (Å²) in [7, 11) is 1.72. The van der Waals surface area contributed by atoms with E-state index in [1.54, 1.807) is 7.11 Å². The predicted molar refractivity (Wildman–Crippen MR) is 105 cm³/mol. The first-order valence-electron chi connectivity index (χ1n) is 9.44. The van der Waals surface area contributed by atoms with Crippen LogP contribution >= 0.6 is 0 Å². The van der Waals surface area contributed by atoms with Crippen LogP contribution in [0.3, 0.4) is 0 Å². The summed E-state index contributed by atoms with van der Waals surface area (Å²) in [5.41, 5.74) is 3.84. The van der Waals surface area contributed by atoms with Crippen LogP contribution in [-0.4, -0.2) is 54.3 Å². The third-order valence-corrected chi connectivity index (χ3v) is 5.25. The summed E-state index contributed by atoms with van der Waals surface area (Å²) in [5.74, 6) is 0.944. The molecule has 0 aromatic heterocycles. The van der Waals surface area contributed by atoms with Crippen LogP contribution in [0, 0.1) is 6.92 Å². The number of methoxy groups -OCH3 is 1. The van der Waals surface area contributed by atoms with E-state index in [-0.39, 0.29) is 6.61 Å². The first kappa shape index (κ1) is 18.9. The zero-order valence-electron chi connectivity index (χ0n) is 15.9. The number of aliphatic hydroxyl groups is 1. The third kappa shape index (κ3) is 4.85. The zero-order chi connectivity index (χ0) is 18.4. The second kappa shape index (κ2) is 9.17. The molecule has 1 aliphatic rings. The molecule has 0 saturated carbocycles. The number of aliphatic hydroxyl groups excluding tert-OH is 1. The summed E-state index contributed by atoms with van der Waals surface area (Å²) in [6, 6.07) is 17.4. The lowest BCUT2D eigenvalue weighted by molar-refractivity contribution is 0.0500. The summed E-state index contributed by atoms with van der Waals surface area (Å²) in [6.07, 6.45) is 0.824. The Morgan fingerprint density at radius 3 is 2.54 bits per heavy atom. The average molecular weight is 354 g/mol. The first-order valence-corrected chi connectivity index (χ1v) is 9.44. The van der Waals surface area contributed by atoms with Gasteiger partial charge in [-0.3, -0.25) is 9.80 Å². The molecule has 3 rings (SSSR count). The van der Waals surface area contributed by atoms with Crippen molar-refractivity contribution in [1.29, 1.82) is 0 Å². The van der Waals surface area contributed by atoms with Crippen LogP contribution < -0.4 is 4.74 Å². The minimum absolute atomic E-state index is 0.242. The third-order valence-electron chi connectivity index (χ3n) is 5.25. The Labute approximate surface area is 157 Å². The molecule has 0 amide bonds. The number of piperazine rings is 1. The molecule has 0 radical (unpaired) electrons. The summed E-state index contributed by atoms with van der Waals surface area (Å²) in [5, 5.41) is 9.51. The molecule has 2 aromatic rings. The number of rotatable bonds is 7. The molecule has 1 saturated heterocycles. The van der Waals surface area contributed by atoms with Crippen LogP contribution in [-0.2, 0) is 13.1 Å². The molecular formula is C22H30N2O2. The van der Waals surface area contributed by atoms with E-state index in [9.17, 15) is 5.11 Å².